The van der Waals surface area contributed by atoms with Gasteiger partial charge in [-0.3, -0.25) is 0 Å². The summed E-state index contributed by atoms with van der Waals surface area (Å²) < 4.78 is 6.22. The zero-order valence-electron chi connectivity index (χ0n) is 11.5. The summed E-state index contributed by atoms with van der Waals surface area (Å²) in [5, 5.41) is 3.53. The molecule has 0 bridgehead atoms. The van der Waals surface area contributed by atoms with Crippen molar-refractivity contribution in [1.82, 2.24) is 5.32 Å². The van der Waals surface area contributed by atoms with E-state index in [1.807, 2.05) is 11.8 Å². The highest BCUT2D eigenvalue weighted by atomic mass is 79.9. The molecule has 1 aromatic rings. The van der Waals surface area contributed by atoms with Crippen molar-refractivity contribution >= 4 is 27.7 Å². The highest BCUT2D eigenvalue weighted by molar-refractivity contribution is 9.10. The van der Waals surface area contributed by atoms with Crippen molar-refractivity contribution in [2.24, 2.45) is 0 Å². The molecule has 0 fully saturated rings. The van der Waals surface area contributed by atoms with E-state index >= 15 is 0 Å². The first-order valence-corrected chi connectivity index (χ1v) is 7.85. The van der Waals surface area contributed by atoms with Crippen molar-refractivity contribution in [3.63, 3.8) is 0 Å². The average Bonchev–Trinajstić information content (AvgIpc) is 2.28. The molecular weight excluding hydrogens is 310 g/mol. The smallest absolute Gasteiger partial charge is 0.0556 e. The molecule has 0 spiro atoms. The van der Waals surface area contributed by atoms with Gasteiger partial charge in [0.25, 0.3) is 0 Å². The van der Waals surface area contributed by atoms with Crippen LogP contribution in [0.4, 0.5) is 0 Å². The summed E-state index contributed by atoms with van der Waals surface area (Å²) in [7, 11) is 1.74. The Kier molecular flexibility index (Phi) is 6.71. The Bertz CT molecular complexity index is 377. The number of thioether (sulfide) groups is 1. The van der Waals surface area contributed by atoms with Gasteiger partial charge in [-0.2, -0.15) is 0 Å². The molecule has 0 aliphatic rings. The van der Waals surface area contributed by atoms with Gasteiger partial charge in [0.05, 0.1) is 6.61 Å². The molecule has 2 nitrogen and oxygen atoms in total. The number of hydrogen-bond acceptors (Lipinski definition) is 3. The molecule has 0 saturated heterocycles. The molecule has 4 heteroatoms. The van der Waals surface area contributed by atoms with Crippen molar-refractivity contribution in [1.29, 1.82) is 0 Å². The Morgan fingerprint density at radius 3 is 2.67 bits per heavy atom. The van der Waals surface area contributed by atoms with E-state index in [9.17, 15) is 0 Å². The van der Waals surface area contributed by atoms with E-state index in [4.69, 9.17) is 4.74 Å². The molecule has 0 unspecified atom stereocenters. The summed E-state index contributed by atoms with van der Waals surface area (Å²) in [5.41, 5.74) is 1.47. The third-order valence-electron chi connectivity index (χ3n) is 2.38. The minimum atomic E-state index is 0.136. The Morgan fingerprint density at radius 1 is 1.33 bits per heavy atom. The first-order chi connectivity index (χ1) is 8.42. The highest BCUT2D eigenvalue weighted by Gasteiger charge is 2.11. The maximum Gasteiger partial charge on any atom is 0.0556 e. The second-order valence-electron chi connectivity index (χ2n) is 5.20. The van der Waals surface area contributed by atoms with Crippen molar-refractivity contribution < 1.29 is 4.74 Å². The fourth-order valence-electron chi connectivity index (χ4n) is 1.42. The Morgan fingerprint density at radius 2 is 2.06 bits per heavy atom. The van der Waals surface area contributed by atoms with Gasteiger partial charge in [0, 0.05) is 34.3 Å². The van der Waals surface area contributed by atoms with Gasteiger partial charge in [-0.05, 0) is 44.5 Å². The maximum atomic E-state index is 5.10. The summed E-state index contributed by atoms with van der Waals surface area (Å²) in [4.78, 5) is 1.33. The average molecular weight is 332 g/mol. The van der Waals surface area contributed by atoms with Crippen LogP contribution in [0.2, 0.25) is 0 Å². The molecule has 0 aromatic heterocycles. The quantitative estimate of drug-likeness (QED) is 0.627. The molecule has 102 valence electrons. The van der Waals surface area contributed by atoms with E-state index in [1.165, 1.54) is 10.5 Å². The fraction of sp³-hybridized carbons (Fsp3) is 0.571. The van der Waals surface area contributed by atoms with Gasteiger partial charge in [-0.1, -0.05) is 15.9 Å². The Hall–Kier alpha value is -0.0300. The van der Waals surface area contributed by atoms with Crippen molar-refractivity contribution in [2.75, 3.05) is 19.5 Å². The molecule has 0 heterocycles. The van der Waals surface area contributed by atoms with E-state index in [1.54, 1.807) is 7.11 Å². The standard InChI is InChI=1S/C14H22BrNOS/c1-14(2,3)16-10-11-9-12(15)5-6-13(11)18-8-7-17-4/h5-6,9,16H,7-8,10H2,1-4H3. The fourth-order valence-corrected chi connectivity index (χ4v) is 2.78. The van der Waals surface area contributed by atoms with Gasteiger partial charge in [0.2, 0.25) is 0 Å². The van der Waals surface area contributed by atoms with Crippen LogP contribution in [-0.2, 0) is 11.3 Å². The third-order valence-corrected chi connectivity index (χ3v) is 3.95. The van der Waals surface area contributed by atoms with Gasteiger partial charge in [0.1, 0.15) is 0 Å². The second kappa shape index (κ2) is 7.53. The van der Waals surface area contributed by atoms with E-state index in [0.717, 1.165) is 23.4 Å². The number of nitrogens with one attached hydrogen (secondary N) is 1. The lowest BCUT2D eigenvalue weighted by Gasteiger charge is -2.21. The minimum absolute atomic E-state index is 0.136. The SMILES string of the molecule is COCCSc1ccc(Br)cc1CNC(C)(C)C. The molecule has 0 amide bonds. The number of benzene rings is 1. The van der Waals surface area contributed by atoms with Crippen LogP contribution in [0.3, 0.4) is 0 Å². The van der Waals surface area contributed by atoms with Crippen LogP contribution < -0.4 is 5.32 Å². The highest BCUT2D eigenvalue weighted by Crippen LogP contribution is 2.26. The zero-order valence-corrected chi connectivity index (χ0v) is 14.0. The van der Waals surface area contributed by atoms with Crippen LogP contribution in [0.5, 0.6) is 0 Å². The molecule has 0 saturated carbocycles. The maximum absolute atomic E-state index is 5.10. The van der Waals surface area contributed by atoms with Crippen molar-refractivity contribution in [3.8, 4) is 0 Å². The Labute approximate surface area is 123 Å². The predicted octanol–water partition coefficient (Wildman–Crippen LogP) is 4.08. The molecule has 0 aliphatic heterocycles. The number of methoxy groups -OCH3 is 1. The minimum Gasteiger partial charge on any atom is -0.384 e. The van der Waals surface area contributed by atoms with Gasteiger partial charge < -0.3 is 10.1 Å². The summed E-state index contributed by atoms with van der Waals surface area (Å²) in [6.45, 7) is 8.22. The molecular formula is C14H22BrNOS. The van der Waals surface area contributed by atoms with Gasteiger partial charge in [-0.15, -0.1) is 11.8 Å². The molecule has 18 heavy (non-hydrogen) atoms. The molecule has 0 aliphatic carbocycles. The van der Waals surface area contributed by atoms with Crippen LogP contribution >= 0.6 is 27.7 Å². The molecule has 0 atom stereocenters. The van der Waals surface area contributed by atoms with E-state index in [-0.39, 0.29) is 5.54 Å². The number of ether oxygens (including phenoxy) is 1. The second-order valence-corrected chi connectivity index (χ2v) is 7.25. The largest absolute Gasteiger partial charge is 0.384 e. The van der Waals surface area contributed by atoms with E-state index < -0.39 is 0 Å². The summed E-state index contributed by atoms with van der Waals surface area (Å²) >= 11 is 5.38. The van der Waals surface area contributed by atoms with Crippen LogP contribution in [0.1, 0.15) is 26.3 Å². The number of rotatable bonds is 6. The van der Waals surface area contributed by atoms with Crippen LogP contribution in [0.15, 0.2) is 27.6 Å². The van der Waals surface area contributed by atoms with Crippen molar-refractivity contribution in [3.05, 3.63) is 28.2 Å². The van der Waals surface area contributed by atoms with Crippen molar-refractivity contribution in [2.45, 2.75) is 37.8 Å². The first kappa shape index (κ1) is 16.0. The number of hydrogen-bond donors (Lipinski definition) is 1. The summed E-state index contributed by atoms with van der Waals surface area (Å²) in [5.74, 6) is 0.987. The lowest BCUT2D eigenvalue weighted by atomic mass is 10.1. The zero-order chi connectivity index (χ0) is 13.6. The lowest BCUT2D eigenvalue weighted by Crippen LogP contribution is -2.35. The topological polar surface area (TPSA) is 21.3 Å². The van der Waals surface area contributed by atoms with Gasteiger partial charge >= 0.3 is 0 Å². The molecule has 1 aromatic carbocycles. The van der Waals surface area contributed by atoms with Crippen LogP contribution in [-0.4, -0.2) is 25.0 Å². The lowest BCUT2D eigenvalue weighted by molar-refractivity contribution is 0.218. The van der Waals surface area contributed by atoms with Gasteiger partial charge in [-0.25, -0.2) is 0 Å². The van der Waals surface area contributed by atoms with Crippen LogP contribution in [0.25, 0.3) is 0 Å². The van der Waals surface area contributed by atoms with E-state index in [0.29, 0.717) is 0 Å². The van der Waals surface area contributed by atoms with Crippen LogP contribution in [0, 0.1) is 0 Å². The normalized spacial score (nSPS) is 11.8. The third kappa shape index (κ3) is 6.23. The van der Waals surface area contributed by atoms with Gasteiger partial charge in [0.15, 0.2) is 0 Å². The summed E-state index contributed by atoms with van der Waals surface area (Å²) in [6.07, 6.45) is 0. The monoisotopic (exact) mass is 331 g/mol. The Balaban J connectivity index is 2.70. The number of halogens is 1. The summed E-state index contributed by atoms with van der Waals surface area (Å²) in [6, 6.07) is 6.45. The molecule has 1 N–H and O–H groups in total. The molecule has 1 rings (SSSR count). The first-order valence-electron chi connectivity index (χ1n) is 6.07. The predicted molar refractivity (Wildman–Crippen MR) is 83.3 cm³/mol. The van der Waals surface area contributed by atoms with E-state index in [2.05, 4.69) is 60.2 Å². The molecule has 0 radical (unpaired) electrons.